The Labute approximate surface area is 125 Å². The largest absolute Gasteiger partial charge is 0.293 e. The van der Waals surface area contributed by atoms with Gasteiger partial charge in [0.1, 0.15) is 11.6 Å². The summed E-state index contributed by atoms with van der Waals surface area (Å²) in [5, 5.41) is 0. The molecular formula is C18H21F2N. The van der Waals surface area contributed by atoms with E-state index in [1.165, 1.54) is 18.2 Å². The summed E-state index contributed by atoms with van der Waals surface area (Å²) in [6.45, 7) is 5.94. The van der Waals surface area contributed by atoms with Crippen LogP contribution in [0.15, 0.2) is 60.0 Å². The van der Waals surface area contributed by atoms with Crippen LogP contribution in [0.1, 0.15) is 31.9 Å². The van der Waals surface area contributed by atoms with Gasteiger partial charge in [-0.15, -0.1) is 0 Å². The molecule has 0 N–H and O–H groups in total. The van der Waals surface area contributed by atoms with Gasteiger partial charge in [-0.1, -0.05) is 38.1 Å². The molecule has 1 aliphatic rings. The minimum absolute atomic E-state index is 0.0242. The van der Waals surface area contributed by atoms with Crippen LogP contribution in [0.5, 0.6) is 0 Å². The zero-order valence-electron chi connectivity index (χ0n) is 12.5. The first-order valence-corrected chi connectivity index (χ1v) is 7.39. The van der Waals surface area contributed by atoms with Crippen molar-refractivity contribution in [2.75, 3.05) is 13.1 Å². The van der Waals surface area contributed by atoms with Crippen molar-refractivity contribution in [1.82, 2.24) is 4.90 Å². The van der Waals surface area contributed by atoms with E-state index in [0.29, 0.717) is 6.42 Å². The molecule has 1 atom stereocenters. The van der Waals surface area contributed by atoms with Crippen molar-refractivity contribution in [3.05, 3.63) is 71.4 Å². The molecule has 0 bridgehead atoms. The Morgan fingerprint density at radius 1 is 1.00 bits per heavy atom. The van der Waals surface area contributed by atoms with Gasteiger partial charge in [-0.25, -0.2) is 8.78 Å². The molecule has 1 aromatic rings. The van der Waals surface area contributed by atoms with E-state index in [1.54, 1.807) is 6.08 Å². The van der Waals surface area contributed by atoms with Crippen molar-refractivity contribution >= 4 is 0 Å². The van der Waals surface area contributed by atoms with Crippen molar-refractivity contribution < 1.29 is 8.78 Å². The maximum Gasteiger partial charge on any atom is 0.123 e. The summed E-state index contributed by atoms with van der Waals surface area (Å²) in [5.41, 5.74) is 2.08. The second-order valence-corrected chi connectivity index (χ2v) is 5.04. The van der Waals surface area contributed by atoms with Gasteiger partial charge in [-0.3, -0.25) is 4.90 Å². The molecule has 0 amide bonds. The average molecular weight is 289 g/mol. The van der Waals surface area contributed by atoms with Crippen LogP contribution in [-0.2, 0) is 0 Å². The Morgan fingerprint density at radius 2 is 1.67 bits per heavy atom. The maximum absolute atomic E-state index is 13.4. The maximum atomic E-state index is 13.4. The highest BCUT2D eigenvalue weighted by molar-refractivity contribution is 5.38. The highest BCUT2D eigenvalue weighted by Gasteiger charge is 2.21. The number of allylic oxidation sites excluding steroid dienone is 4. The second kappa shape index (κ2) is 7.32. The predicted molar refractivity (Wildman–Crippen MR) is 83.1 cm³/mol. The van der Waals surface area contributed by atoms with Crippen LogP contribution < -0.4 is 0 Å². The molecule has 0 fully saturated rings. The Hall–Kier alpha value is -1.74. The Balaban J connectivity index is 2.39. The molecule has 3 heteroatoms. The van der Waals surface area contributed by atoms with Gasteiger partial charge >= 0.3 is 0 Å². The van der Waals surface area contributed by atoms with E-state index in [2.05, 4.69) is 18.7 Å². The van der Waals surface area contributed by atoms with E-state index in [9.17, 15) is 8.78 Å². The number of rotatable bonds is 5. The Morgan fingerprint density at radius 3 is 2.29 bits per heavy atom. The summed E-state index contributed by atoms with van der Waals surface area (Å²) < 4.78 is 26.6. The fourth-order valence-electron chi connectivity index (χ4n) is 2.67. The first kappa shape index (κ1) is 15.6. The lowest BCUT2D eigenvalue weighted by Gasteiger charge is -2.31. The number of likely N-dealkylation sites (N-methyl/N-ethyl adjacent to an activating group) is 1. The predicted octanol–water partition coefficient (Wildman–Crippen LogP) is 4.95. The summed E-state index contributed by atoms with van der Waals surface area (Å²) >= 11 is 0. The molecule has 0 spiro atoms. The fourth-order valence-corrected chi connectivity index (χ4v) is 2.67. The number of hydrogen-bond acceptors (Lipinski definition) is 1. The quantitative estimate of drug-likeness (QED) is 0.741. The topological polar surface area (TPSA) is 3.24 Å². The van der Waals surface area contributed by atoms with Crippen LogP contribution in [0.3, 0.4) is 0 Å². The number of halogens is 2. The summed E-state index contributed by atoms with van der Waals surface area (Å²) in [6.07, 6.45) is 7.50. The van der Waals surface area contributed by atoms with Crippen LogP contribution in [0.25, 0.3) is 0 Å². The Kier molecular flexibility index (Phi) is 5.45. The third-order valence-corrected chi connectivity index (χ3v) is 3.78. The molecule has 0 heterocycles. The standard InChI is InChI=1S/C18H21F2N/c1-3-21(4-2)18(15-9-12-17(20)13-10-15)14-6-5-7-16(19)11-8-14/h6-13,18H,3-5H2,1-2H3. The van der Waals surface area contributed by atoms with Gasteiger partial charge < -0.3 is 0 Å². The van der Waals surface area contributed by atoms with Gasteiger partial charge in [0.2, 0.25) is 0 Å². The minimum Gasteiger partial charge on any atom is -0.293 e. The molecule has 0 radical (unpaired) electrons. The van der Waals surface area contributed by atoms with Crippen LogP contribution >= 0.6 is 0 Å². The van der Waals surface area contributed by atoms with Gasteiger partial charge in [-0.2, -0.15) is 0 Å². The molecule has 1 unspecified atom stereocenters. The molecule has 0 saturated carbocycles. The van der Waals surface area contributed by atoms with E-state index >= 15 is 0 Å². The number of hydrogen-bond donors (Lipinski definition) is 0. The molecular weight excluding hydrogens is 268 g/mol. The monoisotopic (exact) mass is 289 g/mol. The number of nitrogens with zero attached hydrogens (tertiary/aromatic N) is 1. The van der Waals surface area contributed by atoms with Gasteiger partial charge in [-0.05, 0) is 54.9 Å². The zero-order valence-corrected chi connectivity index (χ0v) is 12.5. The highest BCUT2D eigenvalue weighted by Crippen LogP contribution is 2.31. The second-order valence-electron chi connectivity index (χ2n) is 5.04. The van der Waals surface area contributed by atoms with Crippen molar-refractivity contribution in [3.63, 3.8) is 0 Å². The van der Waals surface area contributed by atoms with Crippen LogP contribution in [0.4, 0.5) is 8.78 Å². The molecule has 2 rings (SSSR count). The average Bonchev–Trinajstić information content (AvgIpc) is 2.71. The van der Waals surface area contributed by atoms with Crippen LogP contribution in [0, 0.1) is 5.82 Å². The smallest absolute Gasteiger partial charge is 0.123 e. The van der Waals surface area contributed by atoms with E-state index in [1.807, 2.05) is 24.3 Å². The molecule has 112 valence electrons. The number of benzene rings is 1. The van der Waals surface area contributed by atoms with E-state index in [4.69, 9.17) is 0 Å². The summed E-state index contributed by atoms with van der Waals surface area (Å²) in [6, 6.07) is 6.59. The lowest BCUT2D eigenvalue weighted by atomic mass is 9.95. The summed E-state index contributed by atoms with van der Waals surface area (Å²) in [7, 11) is 0. The lowest BCUT2D eigenvalue weighted by Crippen LogP contribution is -2.29. The highest BCUT2D eigenvalue weighted by atomic mass is 19.1. The van der Waals surface area contributed by atoms with E-state index in [-0.39, 0.29) is 17.7 Å². The molecule has 0 saturated heterocycles. The minimum atomic E-state index is -0.241. The van der Waals surface area contributed by atoms with Crippen LogP contribution in [-0.4, -0.2) is 18.0 Å². The van der Waals surface area contributed by atoms with Crippen molar-refractivity contribution in [2.45, 2.75) is 26.3 Å². The third kappa shape index (κ3) is 3.88. The first-order valence-electron chi connectivity index (χ1n) is 7.39. The SMILES string of the molecule is CCN(CC)C(C1=CCC=C(F)C=C1)c1ccc(F)cc1. The van der Waals surface area contributed by atoms with Gasteiger partial charge in [0.05, 0.1) is 6.04 Å². The molecule has 1 nitrogen and oxygen atoms in total. The van der Waals surface area contributed by atoms with Gasteiger partial charge in [0.25, 0.3) is 0 Å². The normalized spacial score (nSPS) is 16.4. The third-order valence-electron chi connectivity index (χ3n) is 3.78. The van der Waals surface area contributed by atoms with Crippen molar-refractivity contribution in [1.29, 1.82) is 0 Å². The fraction of sp³-hybridized carbons (Fsp3) is 0.333. The molecule has 21 heavy (non-hydrogen) atoms. The lowest BCUT2D eigenvalue weighted by molar-refractivity contribution is 0.250. The van der Waals surface area contributed by atoms with E-state index < -0.39 is 0 Å². The van der Waals surface area contributed by atoms with E-state index in [0.717, 1.165) is 24.2 Å². The molecule has 0 aliphatic heterocycles. The molecule has 1 aromatic carbocycles. The van der Waals surface area contributed by atoms with Gasteiger partial charge in [0.15, 0.2) is 0 Å². The Bertz CT molecular complexity index is 551. The zero-order chi connectivity index (χ0) is 15.2. The first-order chi connectivity index (χ1) is 10.2. The van der Waals surface area contributed by atoms with Crippen molar-refractivity contribution in [3.8, 4) is 0 Å². The molecule has 0 aromatic heterocycles. The summed E-state index contributed by atoms with van der Waals surface area (Å²) in [4.78, 5) is 2.28. The van der Waals surface area contributed by atoms with Gasteiger partial charge in [0, 0.05) is 0 Å². The molecule has 1 aliphatic carbocycles. The van der Waals surface area contributed by atoms with Crippen LogP contribution in [0.2, 0.25) is 0 Å². The summed E-state index contributed by atoms with van der Waals surface area (Å²) in [5.74, 6) is -0.450. The van der Waals surface area contributed by atoms with Crippen molar-refractivity contribution in [2.24, 2.45) is 0 Å².